The first-order valence-corrected chi connectivity index (χ1v) is 19.8. The second-order valence-corrected chi connectivity index (χ2v) is 14.8. The summed E-state index contributed by atoms with van der Waals surface area (Å²) >= 11 is 1.57. The van der Waals surface area contributed by atoms with E-state index in [1.807, 2.05) is 23.1 Å². The number of amides is 3. The lowest BCUT2D eigenvalue weighted by Gasteiger charge is -2.35. The average Bonchev–Trinajstić information content (AvgIpc) is 3.87. The smallest absolute Gasteiger partial charge is 0.407 e. The largest absolute Gasteiger partial charge is 0.491 e. The zero-order chi connectivity index (χ0) is 36.3. The molecular formula is C39H53N5O7S. The highest BCUT2D eigenvalue weighted by atomic mass is 32.1. The molecule has 3 heterocycles. The van der Waals surface area contributed by atoms with Gasteiger partial charge in [-0.15, -0.1) is 11.3 Å². The van der Waals surface area contributed by atoms with Crippen molar-refractivity contribution in [2.75, 3.05) is 53.1 Å². The Morgan fingerprint density at radius 3 is 2.50 bits per heavy atom. The van der Waals surface area contributed by atoms with E-state index in [1.54, 1.807) is 11.3 Å². The second kappa shape index (κ2) is 18.8. The number of fused-ring (bicyclic) bond motifs is 1. The van der Waals surface area contributed by atoms with E-state index in [2.05, 4.69) is 39.5 Å². The number of likely N-dealkylation sites (tertiary alicyclic amines) is 1. The lowest BCUT2D eigenvalue weighted by atomic mass is 9.83. The Morgan fingerprint density at radius 1 is 0.942 bits per heavy atom. The number of hydrogen-bond acceptors (Lipinski definition) is 10. The molecule has 13 heteroatoms. The van der Waals surface area contributed by atoms with E-state index in [1.165, 1.54) is 14.0 Å². The van der Waals surface area contributed by atoms with Gasteiger partial charge in [-0.25, -0.2) is 9.78 Å². The van der Waals surface area contributed by atoms with E-state index in [4.69, 9.17) is 23.9 Å². The van der Waals surface area contributed by atoms with Gasteiger partial charge in [-0.3, -0.25) is 9.59 Å². The van der Waals surface area contributed by atoms with Crippen molar-refractivity contribution >= 4 is 40.0 Å². The molecule has 282 valence electrons. The van der Waals surface area contributed by atoms with Crippen LogP contribution in [0.4, 0.5) is 4.79 Å². The minimum absolute atomic E-state index is 0.0300. The molecule has 12 nitrogen and oxygen atoms in total. The Kier molecular flexibility index (Phi) is 13.7. The molecule has 3 aliphatic rings. The second-order valence-electron chi connectivity index (χ2n) is 13.9. The van der Waals surface area contributed by atoms with Crippen molar-refractivity contribution in [3.05, 3.63) is 46.8 Å². The van der Waals surface area contributed by atoms with Crippen LogP contribution in [0.5, 0.6) is 5.75 Å². The number of alkyl carbamates (subject to hydrolysis) is 1. The lowest BCUT2D eigenvalue weighted by Crippen LogP contribution is -2.54. The van der Waals surface area contributed by atoms with Gasteiger partial charge in [0.25, 0.3) is 5.91 Å². The fourth-order valence-electron chi connectivity index (χ4n) is 7.59. The lowest BCUT2D eigenvalue weighted by molar-refractivity contribution is -0.141. The molecule has 6 rings (SSSR count). The molecule has 1 aliphatic carbocycles. The molecule has 0 bridgehead atoms. The zero-order valence-corrected chi connectivity index (χ0v) is 31.2. The normalized spacial score (nSPS) is 19.7. The standard InChI is InChI=1S/C39H53N5O7S/c1-26(51-39(47)40-2)36(45)43-35(27-9-4-3-5-10-27)38(46)44-20-8-13-33(44)37-42-32(25-52-37)30-14-15-34(31-12-7-6-11-29(30)31)50-24-22-48-21-23-49-28-16-18-41-19-17-28/h6-7,11-12,14-15,25-28,33,35,41H,3-5,8-10,13,16-24H2,1-2H3,(H,40,47)(H,43,45)/t26?,33-,35?/m0/s1. The van der Waals surface area contributed by atoms with Crippen LogP contribution in [-0.4, -0.2) is 99.2 Å². The maximum atomic E-state index is 14.3. The SMILES string of the molecule is CNC(=O)OC(C)C(=O)NC(C(=O)N1CCC[C@H]1c1nc(-c2ccc(OCCOCCOC3CCNCC3)c3ccccc23)cs1)C1CCCCC1. The molecule has 0 spiro atoms. The first-order chi connectivity index (χ1) is 25.4. The fourth-order valence-corrected chi connectivity index (χ4v) is 8.56. The van der Waals surface area contributed by atoms with Crippen molar-refractivity contribution in [1.29, 1.82) is 0 Å². The van der Waals surface area contributed by atoms with E-state index in [-0.39, 0.29) is 17.9 Å². The van der Waals surface area contributed by atoms with E-state index in [0.29, 0.717) is 39.1 Å². The molecule has 2 saturated heterocycles. The molecular weight excluding hydrogens is 683 g/mol. The van der Waals surface area contributed by atoms with Crippen molar-refractivity contribution in [1.82, 2.24) is 25.8 Å². The van der Waals surface area contributed by atoms with Crippen LogP contribution in [0.1, 0.15) is 75.8 Å². The van der Waals surface area contributed by atoms with Crippen molar-refractivity contribution in [3.63, 3.8) is 0 Å². The van der Waals surface area contributed by atoms with Gasteiger partial charge >= 0.3 is 6.09 Å². The van der Waals surface area contributed by atoms with Gasteiger partial charge in [0.1, 0.15) is 23.4 Å². The summed E-state index contributed by atoms with van der Waals surface area (Å²) in [6.45, 7) is 6.21. The van der Waals surface area contributed by atoms with Gasteiger partial charge in [-0.05, 0) is 82.0 Å². The number of ether oxygens (including phenoxy) is 4. The maximum absolute atomic E-state index is 14.3. The molecule has 52 heavy (non-hydrogen) atoms. The van der Waals surface area contributed by atoms with Gasteiger partial charge in [0.15, 0.2) is 6.10 Å². The topological polar surface area (TPSA) is 140 Å². The number of carbonyl (C=O) groups is 3. The average molecular weight is 736 g/mol. The van der Waals surface area contributed by atoms with Crippen molar-refractivity contribution in [2.24, 2.45) is 5.92 Å². The molecule has 1 saturated carbocycles. The first kappa shape index (κ1) is 38.0. The van der Waals surface area contributed by atoms with Gasteiger partial charge in [0.05, 0.1) is 37.7 Å². The number of carbonyl (C=O) groups excluding carboxylic acids is 3. The third kappa shape index (κ3) is 9.60. The van der Waals surface area contributed by atoms with Crippen LogP contribution in [0, 0.1) is 5.92 Å². The van der Waals surface area contributed by atoms with Gasteiger partial charge in [-0.2, -0.15) is 0 Å². The number of nitrogens with one attached hydrogen (secondary N) is 3. The summed E-state index contributed by atoms with van der Waals surface area (Å²) in [5.74, 6) is 0.270. The summed E-state index contributed by atoms with van der Waals surface area (Å²) in [7, 11) is 1.44. The van der Waals surface area contributed by atoms with Crippen LogP contribution in [0.2, 0.25) is 0 Å². The fraction of sp³-hybridized carbons (Fsp3) is 0.590. The number of piperidine rings is 1. The Balaban J connectivity index is 1.10. The van der Waals surface area contributed by atoms with E-state index < -0.39 is 24.1 Å². The highest BCUT2D eigenvalue weighted by molar-refractivity contribution is 7.10. The van der Waals surface area contributed by atoms with Gasteiger partial charge < -0.3 is 39.8 Å². The summed E-state index contributed by atoms with van der Waals surface area (Å²) in [4.78, 5) is 46.3. The number of hydrogen-bond donors (Lipinski definition) is 3. The summed E-state index contributed by atoms with van der Waals surface area (Å²) in [6.07, 6.45) is 7.28. The van der Waals surface area contributed by atoms with Crippen LogP contribution in [0.3, 0.4) is 0 Å². The third-order valence-corrected chi connectivity index (χ3v) is 11.3. The Labute approximate surface area is 310 Å². The molecule has 3 amide bonds. The van der Waals surface area contributed by atoms with Crippen LogP contribution >= 0.6 is 11.3 Å². The quantitative estimate of drug-likeness (QED) is 0.170. The van der Waals surface area contributed by atoms with Gasteiger partial charge in [0.2, 0.25) is 5.91 Å². The molecule has 2 aliphatic heterocycles. The molecule has 2 unspecified atom stereocenters. The summed E-state index contributed by atoms with van der Waals surface area (Å²) < 4.78 is 23.1. The molecule has 2 aromatic carbocycles. The first-order valence-electron chi connectivity index (χ1n) is 18.9. The third-order valence-electron chi connectivity index (χ3n) is 10.4. The molecule has 3 atom stereocenters. The number of aromatic nitrogens is 1. The van der Waals surface area contributed by atoms with Crippen molar-refractivity contribution in [3.8, 4) is 17.0 Å². The predicted molar refractivity (Wildman–Crippen MR) is 200 cm³/mol. The molecule has 1 aromatic heterocycles. The molecule has 3 aromatic rings. The number of thiazole rings is 1. The summed E-state index contributed by atoms with van der Waals surface area (Å²) in [5.41, 5.74) is 1.86. The minimum atomic E-state index is -1.02. The number of rotatable bonds is 15. The Bertz CT molecular complexity index is 1640. The van der Waals surface area contributed by atoms with Crippen LogP contribution in [-0.2, 0) is 23.8 Å². The number of benzene rings is 2. The predicted octanol–water partition coefficient (Wildman–Crippen LogP) is 5.60. The monoisotopic (exact) mass is 735 g/mol. The maximum Gasteiger partial charge on any atom is 0.407 e. The number of nitrogens with zero attached hydrogens (tertiary/aromatic N) is 2. The summed E-state index contributed by atoms with van der Waals surface area (Å²) in [6, 6.07) is 11.4. The van der Waals surface area contributed by atoms with Gasteiger partial charge in [-0.1, -0.05) is 43.5 Å². The van der Waals surface area contributed by atoms with E-state index >= 15 is 0 Å². The molecule has 3 N–H and O–H groups in total. The minimum Gasteiger partial charge on any atom is -0.491 e. The zero-order valence-electron chi connectivity index (χ0n) is 30.4. The van der Waals surface area contributed by atoms with Crippen LogP contribution < -0.4 is 20.7 Å². The van der Waals surface area contributed by atoms with Gasteiger partial charge in [0, 0.05) is 29.9 Å². The Hall–Kier alpha value is -3.78. The van der Waals surface area contributed by atoms with E-state index in [0.717, 1.165) is 104 Å². The van der Waals surface area contributed by atoms with Crippen LogP contribution in [0.15, 0.2) is 41.8 Å². The van der Waals surface area contributed by atoms with Crippen molar-refractivity contribution in [2.45, 2.75) is 89.0 Å². The summed E-state index contributed by atoms with van der Waals surface area (Å²) in [5, 5.41) is 13.7. The van der Waals surface area contributed by atoms with Crippen molar-refractivity contribution < 1.29 is 33.3 Å². The van der Waals surface area contributed by atoms with Crippen LogP contribution in [0.25, 0.3) is 22.0 Å². The highest BCUT2D eigenvalue weighted by Gasteiger charge is 2.40. The highest BCUT2D eigenvalue weighted by Crippen LogP contribution is 2.40. The van der Waals surface area contributed by atoms with E-state index in [9.17, 15) is 14.4 Å². The Morgan fingerprint density at radius 2 is 1.71 bits per heavy atom. The molecule has 3 fully saturated rings. The molecule has 0 radical (unpaired) electrons.